The first-order valence-electron chi connectivity index (χ1n) is 8.21. The van der Waals surface area contributed by atoms with Gasteiger partial charge in [-0.1, -0.05) is 6.07 Å². The van der Waals surface area contributed by atoms with Gasteiger partial charge in [-0.3, -0.25) is 9.79 Å². The highest BCUT2D eigenvalue weighted by molar-refractivity contribution is 5.92. The van der Waals surface area contributed by atoms with Gasteiger partial charge in [0.15, 0.2) is 5.75 Å². The number of aromatic hydroxyl groups is 1. The van der Waals surface area contributed by atoms with Gasteiger partial charge in [0.2, 0.25) is 5.43 Å². The number of benzene rings is 1. The normalized spacial score (nSPS) is 14.4. The Kier molecular flexibility index (Phi) is 4.15. The molecule has 0 unspecified atom stereocenters. The first-order valence-corrected chi connectivity index (χ1v) is 8.21. The molecule has 0 atom stereocenters. The van der Waals surface area contributed by atoms with Crippen molar-refractivity contribution in [1.82, 2.24) is 9.88 Å². The van der Waals surface area contributed by atoms with Crippen molar-refractivity contribution in [2.75, 3.05) is 6.54 Å². The van der Waals surface area contributed by atoms with Crippen molar-refractivity contribution >= 4 is 11.8 Å². The van der Waals surface area contributed by atoms with Crippen LogP contribution in [0.2, 0.25) is 0 Å². The summed E-state index contributed by atoms with van der Waals surface area (Å²) < 4.78 is 7.25. The Morgan fingerprint density at radius 2 is 2.12 bits per heavy atom. The standard InChI is InChI=1S/C20H17N3O3/c24-19-8-17(26-13-20(19)25)12-22-11-15-10-21-9-14-3-4-16(7-18(14)15)23-5-1-2-6-23/h1-9,11,13,22,25H,10,12H2. The topological polar surface area (TPSA) is 79.8 Å². The average molecular weight is 347 g/mol. The van der Waals surface area contributed by atoms with E-state index in [-0.39, 0.29) is 5.75 Å². The fraction of sp³-hybridized carbons (Fsp3) is 0.100. The molecule has 6 nitrogen and oxygen atoms in total. The number of rotatable bonds is 4. The van der Waals surface area contributed by atoms with Crippen LogP contribution in [0.5, 0.6) is 5.75 Å². The van der Waals surface area contributed by atoms with Crippen molar-refractivity contribution in [2.45, 2.75) is 6.54 Å². The lowest BCUT2D eigenvalue weighted by Crippen LogP contribution is -2.11. The number of aliphatic imine (C=N–C) groups is 1. The van der Waals surface area contributed by atoms with E-state index in [2.05, 4.69) is 33.1 Å². The lowest BCUT2D eigenvalue weighted by atomic mass is 9.98. The summed E-state index contributed by atoms with van der Waals surface area (Å²) >= 11 is 0. The monoisotopic (exact) mass is 347 g/mol. The molecule has 2 N–H and O–H groups in total. The van der Waals surface area contributed by atoms with Crippen molar-refractivity contribution in [3.63, 3.8) is 0 Å². The van der Waals surface area contributed by atoms with Crippen molar-refractivity contribution in [3.8, 4) is 11.4 Å². The molecule has 3 heterocycles. The summed E-state index contributed by atoms with van der Waals surface area (Å²) in [6.07, 6.45) is 8.84. The maximum absolute atomic E-state index is 11.4. The molecular weight excluding hydrogens is 330 g/mol. The first kappa shape index (κ1) is 16.0. The van der Waals surface area contributed by atoms with Crippen molar-refractivity contribution in [1.29, 1.82) is 0 Å². The minimum atomic E-state index is -0.454. The van der Waals surface area contributed by atoms with Crippen LogP contribution in [-0.4, -0.2) is 22.4 Å². The highest BCUT2D eigenvalue weighted by Crippen LogP contribution is 2.25. The fourth-order valence-electron chi connectivity index (χ4n) is 2.86. The number of nitrogens with one attached hydrogen (secondary N) is 1. The molecule has 0 aliphatic carbocycles. The van der Waals surface area contributed by atoms with E-state index in [1.165, 1.54) is 6.07 Å². The average Bonchev–Trinajstić information content (AvgIpc) is 3.19. The summed E-state index contributed by atoms with van der Waals surface area (Å²) in [5, 5.41) is 12.4. The van der Waals surface area contributed by atoms with Crippen LogP contribution in [0.3, 0.4) is 0 Å². The molecule has 0 spiro atoms. The first-order chi connectivity index (χ1) is 12.7. The molecule has 130 valence electrons. The van der Waals surface area contributed by atoms with Gasteiger partial charge in [-0.15, -0.1) is 0 Å². The van der Waals surface area contributed by atoms with Gasteiger partial charge in [-0.05, 0) is 35.4 Å². The maximum atomic E-state index is 11.4. The van der Waals surface area contributed by atoms with Crippen LogP contribution in [0.25, 0.3) is 11.3 Å². The fourth-order valence-corrected chi connectivity index (χ4v) is 2.86. The smallest absolute Gasteiger partial charge is 0.226 e. The molecule has 0 amide bonds. The molecular formula is C20H17N3O3. The molecule has 0 fully saturated rings. The zero-order chi connectivity index (χ0) is 17.9. The largest absolute Gasteiger partial charge is 0.502 e. The molecule has 26 heavy (non-hydrogen) atoms. The van der Waals surface area contributed by atoms with Crippen LogP contribution in [0, 0.1) is 0 Å². The number of nitrogens with zero attached hydrogens (tertiary/aromatic N) is 2. The molecule has 0 radical (unpaired) electrons. The summed E-state index contributed by atoms with van der Waals surface area (Å²) in [5.41, 5.74) is 3.86. The quantitative estimate of drug-likeness (QED) is 0.760. The second-order valence-electron chi connectivity index (χ2n) is 5.98. The number of fused-ring (bicyclic) bond motifs is 1. The van der Waals surface area contributed by atoms with Gasteiger partial charge in [-0.2, -0.15) is 0 Å². The van der Waals surface area contributed by atoms with E-state index < -0.39 is 5.43 Å². The molecule has 6 heteroatoms. The summed E-state index contributed by atoms with van der Waals surface area (Å²) in [6, 6.07) is 11.5. The van der Waals surface area contributed by atoms with Crippen LogP contribution in [0.15, 0.2) is 75.5 Å². The Morgan fingerprint density at radius 3 is 2.92 bits per heavy atom. The number of hydrogen-bond acceptors (Lipinski definition) is 5. The van der Waals surface area contributed by atoms with E-state index in [4.69, 9.17) is 4.42 Å². The van der Waals surface area contributed by atoms with Crippen LogP contribution in [0.1, 0.15) is 16.9 Å². The van der Waals surface area contributed by atoms with Crippen LogP contribution < -0.4 is 10.7 Å². The number of aromatic nitrogens is 1. The maximum Gasteiger partial charge on any atom is 0.226 e. The van der Waals surface area contributed by atoms with E-state index in [1.807, 2.05) is 36.9 Å². The van der Waals surface area contributed by atoms with Crippen LogP contribution in [-0.2, 0) is 6.54 Å². The van der Waals surface area contributed by atoms with Crippen molar-refractivity contribution in [2.24, 2.45) is 4.99 Å². The van der Waals surface area contributed by atoms with Crippen LogP contribution in [0.4, 0.5) is 0 Å². The Bertz CT molecular complexity index is 1050. The predicted octanol–water partition coefficient (Wildman–Crippen LogP) is 2.70. The SMILES string of the molecule is O=c1cc(CNC=C2CN=Cc3ccc(-n4cccc4)cc32)occ1O. The Balaban J connectivity index is 1.57. The summed E-state index contributed by atoms with van der Waals surface area (Å²) in [7, 11) is 0. The van der Waals surface area contributed by atoms with E-state index in [1.54, 1.807) is 0 Å². The van der Waals surface area contributed by atoms with Gasteiger partial charge >= 0.3 is 0 Å². The molecule has 0 saturated carbocycles. The van der Waals surface area contributed by atoms with Crippen molar-refractivity contribution in [3.05, 3.63) is 88.4 Å². The Morgan fingerprint density at radius 1 is 1.27 bits per heavy atom. The third-order valence-electron chi connectivity index (χ3n) is 4.20. The predicted molar refractivity (Wildman–Crippen MR) is 99.7 cm³/mol. The van der Waals surface area contributed by atoms with E-state index >= 15 is 0 Å². The van der Waals surface area contributed by atoms with Gasteiger partial charge in [0, 0.05) is 42.1 Å². The van der Waals surface area contributed by atoms with Crippen LogP contribution >= 0.6 is 0 Å². The van der Waals surface area contributed by atoms with Gasteiger partial charge in [0.1, 0.15) is 12.0 Å². The van der Waals surface area contributed by atoms with Gasteiger partial charge in [0.05, 0.1) is 13.1 Å². The summed E-state index contributed by atoms with van der Waals surface area (Å²) in [4.78, 5) is 15.8. The third kappa shape index (κ3) is 3.17. The molecule has 1 aliphatic heterocycles. The van der Waals surface area contributed by atoms with Gasteiger partial charge in [0.25, 0.3) is 0 Å². The highest BCUT2D eigenvalue weighted by atomic mass is 16.4. The zero-order valence-electron chi connectivity index (χ0n) is 13.9. The highest BCUT2D eigenvalue weighted by Gasteiger charge is 2.12. The van der Waals surface area contributed by atoms with E-state index in [0.717, 1.165) is 28.7 Å². The molecule has 2 aromatic heterocycles. The summed E-state index contributed by atoms with van der Waals surface area (Å²) in [5.74, 6) is 0.0606. The number of hydrogen-bond donors (Lipinski definition) is 2. The Hall–Kier alpha value is -3.54. The summed E-state index contributed by atoms with van der Waals surface area (Å²) in [6.45, 7) is 0.921. The molecule has 4 rings (SSSR count). The molecule has 0 saturated heterocycles. The zero-order valence-corrected chi connectivity index (χ0v) is 13.9. The molecule has 1 aliphatic rings. The lowest BCUT2D eigenvalue weighted by molar-refractivity contribution is 0.410. The minimum absolute atomic E-state index is 0.343. The molecule has 0 bridgehead atoms. The van der Waals surface area contributed by atoms with E-state index in [9.17, 15) is 9.90 Å². The second kappa shape index (κ2) is 6.76. The van der Waals surface area contributed by atoms with Gasteiger partial charge in [-0.25, -0.2) is 0 Å². The molecule has 1 aromatic carbocycles. The molecule has 3 aromatic rings. The van der Waals surface area contributed by atoms with Crippen molar-refractivity contribution < 1.29 is 9.52 Å². The lowest BCUT2D eigenvalue weighted by Gasteiger charge is -2.16. The van der Waals surface area contributed by atoms with E-state index in [0.29, 0.717) is 18.8 Å². The minimum Gasteiger partial charge on any atom is -0.502 e. The third-order valence-corrected chi connectivity index (χ3v) is 4.20. The second-order valence-corrected chi connectivity index (χ2v) is 5.98. The van der Waals surface area contributed by atoms with Gasteiger partial charge < -0.3 is 19.4 Å². The Labute approximate surface area is 149 Å².